The Kier molecular flexibility index (Phi) is 4.10. The highest BCUT2D eigenvalue weighted by Crippen LogP contribution is 2.21. The van der Waals surface area contributed by atoms with Crippen LogP contribution in [0.4, 0.5) is 4.39 Å². The van der Waals surface area contributed by atoms with Gasteiger partial charge in [-0.3, -0.25) is 4.68 Å². The molecule has 0 fully saturated rings. The summed E-state index contributed by atoms with van der Waals surface area (Å²) in [5.74, 6) is -0.172. The van der Waals surface area contributed by atoms with Crippen LogP contribution in [-0.2, 0) is 13.1 Å². The molecular formula is C14H18FN3. The third-order valence-corrected chi connectivity index (χ3v) is 2.83. The van der Waals surface area contributed by atoms with Crippen molar-refractivity contribution in [3.63, 3.8) is 0 Å². The highest BCUT2D eigenvalue weighted by Gasteiger charge is 2.06. The third kappa shape index (κ3) is 2.76. The van der Waals surface area contributed by atoms with E-state index in [-0.39, 0.29) is 5.82 Å². The molecule has 3 nitrogen and oxygen atoms in total. The smallest absolute Gasteiger partial charge is 0.127 e. The van der Waals surface area contributed by atoms with Crippen LogP contribution in [0, 0.1) is 5.82 Å². The van der Waals surface area contributed by atoms with E-state index in [2.05, 4.69) is 17.3 Å². The maximum atomic E-state index is 13.5. The van der Waals surface area contributed by atoms with Gasteiger partial charge in [0.05, 0.1) is 6.20 Å². The van der Waals surface area contributed by atoms with Crippen LogP contribution in [0.25, 0.3) is 11.1 Å². The lowest BCUT2D eigenvalue weighted by molar-refractivity contribution is 0.601. The summed E-state index contributed by atoms with van der Waals surface area (Å²) in [6, 6.07) is 5.18. The van der Waals surface area contributed by atoms with Gasteiger partial charge in [0.2, 0.25) is 0 Å². The monoisotopic (exact) mass is 247 g/mol. The molecule has 0 aliphatic heterocycles. The summed E-state index contributed by atoms with van der Waals surface area (Å²) >= 11 is 0. The van der Waals surface area contributed by atoms with Gasteiger partial charge in [-0.1, -0.05) is 13.0 Å². The lowest BCUT2D eigenvalue weighted by atomic mass is 10.1. The first-order valence-corrected chi connectivity index (χ1v) is 6.20. The zero-order valence-corrected chi connectivity index (χ0v) is 10.8. The Hall–Kier alpha value is -1.68. The average molecular weight is 247 g/mol. The lowest BCUT2D eigenvalue weighted by Gasteiger charge is -2.05. The maximum absolute atomic E-state index is 13.5. The largest absolute Gasteiger partial charge is 0.316 e. The van der Waals surface area contributed by atoms with Gasteiger partial charge in [-0.15, -0.1) is 0 Å². The molecule has 1 heterocycles. The van der Waals surface area contributed by atoms with Gasteiger partial charge in [-0.25, -0.2) is 4.39 Å². The quantitative estimate of drug-likeness (QED) is 0.880. The predicted molar refractivity (Wildman–Crippen MR) is 70.7 cm³/mol. The molecule has 0 aliphatic carbocycles. The molecule has 0 unspecified atom stereocenters. The Bertz CT molecular complexity index is 520. The predicted octanol–water partition coefficient (Wildman–Crippen LogP) is 2.82. The minimum atomic E-state index is -0.172. The van der Waals surface area contributed by atoms with E-state index in [1.807, 2.05) is 30.2 Å². The normalized spacial score (nSPS) is 10.8. The maximum Gasteiger partial charge on any atom is 0.127 e. The fraction of sp³-hybridized carbons (Fsp3) is 0.357. The van der Waals surface area contributed by atoms with Gasteiger partial charge in [0.25, 0.3) is 0 Å². The van der Waals surface area contributed by atoms with Crippen molar-refractivity contribution in [1.82, 2.24) is 15.1 Å². The Labute approximate surface area is 107 Å². The first-order valence-electron chi connectivity index (χ1n) is 6.20. The molecule has 0 amide bonds. The van der Waals surface area contributed by atoms with E-state index in [0.29, 0.717) is 12.1 Å². The molecule has 18 heavy (non-hydrogen) atoms. The van der Waals surface area contributed by atoms with Crippen molar-refractivity contribution in [1.29, 1.82) is 0 Å². The van der Waals surface area contributed by atoms with Crippen molar-refractivity contribution in [3.8, 4) is 11.1 Å². The summed E-state index contributed by atoms with van der Waals surface area (Å²) in [7, 11) is 1.81. The van der Waals surface area contributed by atoms with E-state index < -0.39 is 0 Å². The van der Waals surface area contributed by atoms with E-state index in [9.17, 15) is 4.39 Å². The number of hydrogen-bond acceptors (Lipinski definition) is 2. The molecule has 0 aliphatic rings. The van der Waals surface area contributed by atoms with Crippen molar-refractivity contribution in [2.45, 2.75) is 26.4 Å². The second-order valence-electron chi connectivity index (χ2n) is 4.33. The highest BCUT2D eigenvalue weighted by atomic mass is 19.1. The average Bonchev–Trinajstić information content (AvgIpc) is 2.81. The molecule has 0 saturated carbocycles. The van der Waals surface area contributed by atoms with E-state index in [4.69, 9.17) is 0 Å². The van der Waals surface area contributed by atoms with Gasteiger partial charge in [-0.05, 0) is 31.2 Å². The molecule has 0 radical (unpaired) electrons. The van der Waals surface area contributed by atoms with Gasteiger partial charge >= 0.3 is 0 Å². The number of rotatable bonds is 5. The van der Waals surface area contributed by atoms with Gasteiger partial charge in [0.15, 0.2) is 0 Å². The molecule has 1 aromatic carbocycles. The molecule has 0 spiro atoms. The molecule has 2 aromatic rings. The topological polar surface area (TPSA) is 29.9 Å². The van der Waals surface area contributed by atoms with E-state index in [0.717, 1.165) is 24.1 Å². The fourth-order valence-electron chi connectivity index (χ4n) is 1.94. The summed E-state index contributed by atoms with van der Waals surface area (Å²) in [4.78, 5) is 0. The van der Waals surface area contributed by atoms with Crippen molar-refractivity contribution < 1.29 is 4.39 Å². The van der Waals surface area contributed by atoms with Crippen LogP contribution >= 0.6 is 0 Å². The second-order valence-corrected chi connectivity index (χ2v) is 4.33. The van der Waals surface area contributed by atoms with E-state index in [1.165, 1.54) is 6.07 Å². The Morgan fingerprint density at radius 3 is 2.89 bits per heavy atom. The first-order chi connectivity index (χ1) is 8.74. The molecular weight excluding hydrogens is 229 g/mol. The van der Waals surface area contributed by atoms with E-state index in [1.54, 1.807) is 6.07 Å². The first kappa shape index (κ1) is 12.8. The second kappa shape index (κ2) is 5.78. The zero-order valence-electron chi connectivity index (χ0n) is 10.8. The molecule has 4 heteroatoms. The summed E-state index contributed by atoms with van der Waals surface area (Å²) in [5.41, 5.74) is 2.71. The number of aryl methyl sites for hydroxylation is 1. The fourth-order valence-corrected chi connectivity index (χ4v) is 1.94. The Morgan fingerprint density at radius 1 is 1.33 bits per heavy atom. The van der Waals surface area contributed by atoms with Crippen molar-refractivity contribution >= 4 is 0 Å². The van der Waals surface area contributed by atoms with Crippen molar-refractivity contribution in [2.24, 2.45) is 0 Å². The molecule has 0 saturated heterocycles. The van der Waals surface area contributed by atoms with Gasteiger partial charge < -0.3 is 5.32 Å². The SMILES string of the molecule is CCCn1cc(-c2ccc(F)c(CNC)c2)cn1. The lowest BCUT2D eigenvalue weighted by Crippen LogP contribution is -2.06. The third-order valence-electron chi connectivity index (χ3n) is 2.83. The summed E-state index contributed by atoms with van der Waals surface area (Å²) in [6.45, 7) is 3.55. The summed E-state index contributed by atoms with van der Waals surface area (Å²) in [5, 5.41) is 7.26. The number of benzene rings is 1. The van der Waals surface area contributed by atoms with Crippen LogP contribution in [0.3, 0.4) is 0 Å². The van der Waals surface area contributed by atoms with Crippen LogP contribution in [0.5, 0.6) is 0 Å². The zero-order chi connectivity index (χ0) is 13.0. The minimum Gasteiger partial charge on any atom is -0.316 e. The minimum absolute atomic E-state index is 0.172. The molecule has 2 rings (SSSR count). The highest BCUT2D eigenvalue weighted by molar-refractivity contribution is 5.62. The van der Waals surface area contributed by atoms with Gasteiger partial charge in [-0.2, -0.15) is 5.10 Å². The number of nitrogens with zero attached hydrogens (tertiary/aromatic N) is 2. The summed E-state index contributed by atoms with van der Waals surface area (Å²) < 4.78 is 15.5. The molecule has 0 atom stereocenters. The molecule has 0 bridgehead atoms. The van der Waals surface area contributed by atoms with Gasteiger partial charge in [0, 0.05) is 30.4 Å². The van der Waals surface area contributed by atoms with Crippen LogP contribution in [-0.4, -0.2) is 16.8 Å². The summed E-state index contributed by atoms with van der Waals surface area (Å²) in [6.07, 6.45) is 4.88. The van der Waals surface area contributed by atoms with Crippen molar-refractivity contribution in [2.75, 3.05) is 7.05 Å². The van der Waals surface area contributed by atoms with Crippen LogP contribution < -0.4 is 5.32 Å². The number of hydrogen-bond donors (Lipinski definition) is 1. The van der Waals surface area contributed by atoms with Gasteiger partial charge in [0.1, 0.15) is 5.82 Å². The number of halogens is 1. The molecule has 1 aromatic heterocycles. The van der Waals surface area contributed by atoms with Crippen LogP contribution in [0.15, 0.2) is 30.6 Å². The molecule has 96 valence electrons. The standard InChI is InChI=1S/C14H18FN3/c1-3-6-18-10-13(9-17-18)11-4-5-14(15)12(7-11)8-16-2/h4-5,7,9-10,16H,3,6,8H2,1-2H3. The van der Waals surface area contributed by atoms with Crippen molar-refractivity contribution in [3.05, 3.63) is 42.0 Å². The van der Waals surface area contributed by atoms with E-state index >= 15 is 0 Å². The number of aromatic nitrogens is 2. The Balaban J connectivity index is 2.28. The Morgan fingerprint density at radius 2 is 2.17 bits per heavy atom. The van der Waals surface area contributed by atoms with Crippen LogP contribution in [0.2, 0.25) is 0 Å². The number of nitrogens with one attached hydrogen (secondary N) is 1. The molecule has 1 N–H and O–H groups in total. The van der Waals surface area contributed by atoms with Crippen LogP contribution in [0.1, 0.15) is 18.9 Å².